The number of hydrogen-bond donors (Lipinski definition) is 1. The fraction of sp³-hybridized carbons (Fsp3) is 0.105. The van der Waals surface area contributed by atoms with E-state index in [1.165, 1.54) is 6.33 Å². The molecule has 0 amide bonds. The van der Waals surface area contributed by atoms with Crippen molar-refractivity contribution >= 4 is 34.2 Å². The van der Waals surface area contributed by atoms with E-state index in [1.54, 1.807) is 17.0 Å². The number of nitrogen functional groups attached to an aromatic ring is 1. The SMILES string of the molecule is CC(c1cc2ncc(Cl)n2nc1-c1ccccc1)n1cnc2c(N)ncnc21. The first-order valence-corrected chi connectivity index (χ1v) is 9.04. The van der Waals surface area contributed by atoms with Gasteiger partial charge in [0.05, 0.1) is 24.3 Å². The van der Waals surface area contributed by atoms with E-state index >= 15 is 0 Å². The molecule has 0 saturated carbocycles. The van der Waals surface area contributed by atoms with Crippen LogP contribution in [0.3, 0.4) is 0 Å². The van der Waals surface area contributed by atoms with Crippen LogP contribution in [0.5, 0.6) is 0 Å². The van der Waals surface area contributed by atoms with Gasteiger partial charge in [0, 0.05) is 11.1 Å². The number of fused-ring (bicyclic) bond motifs is 2. The number of nitrogens with zero attached hydrogens (tertiary/aromatic N) is 7. The van der Waals surface area contributed by atoms with Crippen LogP contribution >= 0.6 is 11.6 Å². The van der Waals surface area contributed by atoms with Crippen molar-refractivity contribution < 1.29 is 0 Å². The summed E-state index contributed by atoms with van der Waals surface area (Å²) >= 11 is 6.25. The van der Waals surface area contributed by atoms with Crippen molar-refractivity contribution in [1.82, 2.24) is 34.1 Å². The largest absolute Gasteiger partial charge is 0.382 e. The van der Waals surface area contributed by atoms with Gasteiger partial charge >= 0.3 is 0 Å². The van der Waals surface area contributed by atoms with E-state index in [1.807, 2.05) is 41.0 Å². The van der Waals surface area contributed by atoms with Gasteiger partial charge in [-0.1, -0.05) is 41.9 Å². The number of benzene rings is 1. The standard InChI is InChI=1S/C19H15ClN8/c1-11(27-10-25-17-18(21)23-9-24-19(17)27)13-7-15-22-8-14(20)28(15)26-16(13)12-5-3-2-4-6-12/h2-11H,1H3,(H2,21,23,24). The van der Waals surface area contributed by atoms with Crippen LogP contribution in [0.1, 0.15) is 18.5 Å². The van der Waals surface area contributed by atoms with Crippen molar-refractivity contribution in [3.05, 3.63) is 66.0 Å². The van der Waals surface area contributed by atoms with Gasteiger partial charge in [-0.3, -0.25) is 0 Å². The van der Waals surface area contributed by atoms with Gasteiger partial charge in [0.15, 0.2) is 22.3 Å². The van der Waals surface area contributed by atoms with E-state index < -0.39 is 0 Å². The lowest BCUT2D eigenvalue weighted by molar-refractivity contribution is 0.648. The molecule has 0 aliphatic heterocycles. The third-order valence-corrected chi connectivity index (χ3v) is 5.04. The molecule has 2 N–H and O–H groups in total. The minimum absolute atomic E-state index is 0.123. The molecule has 5 rings (SSSR count). The first-order chi connectivity index (χ1) is 13.6. The third kappa shape index (κ3) is 2.49. The molecule has 1 aromatic carbocycles. The van der Waals surface area contributed by atoms with E-state index in [0.29, 0.717) is 27.8 Å². The van der Waals surface area contributed by atoms with Crippen molar-refractivity contribution in [2.24, 2.45) is 0 Å². The van der Waals surface area contributed by atoms with Crippen LogP contribution in [-0.4, -0.2) is 34.1 Å². The molecule has 0 fully saturated rings. The van der Waals surface area contributed by atoms with Crippen LogP contribution in [0, 0.1) is 0 Å². The van der Waals surface area contributed by atoms with Crippen molar-refractivity contribution in [2.45, 2.75) is 13.0 Å². The number of nitrogens with two attached hydrogens (primary N) is 1. The van der Waals surface area contributed by atoms with Gasteiger partial charge in [-0.05, 0) is 13.0 Å². The summed E-state index contributed by atoms with van der Waals surface area (Å²) in [5, 5.41) is 5.22. The number of rotatable bonds is 3. The maximum Gasteiger partial charge on any atom is 0.165 e. The highest BCUT2D eigenvalue weighted by atomic mass is 35.5. The maximum absolute atomic E-state index is 6.25. The molecule has 8 nitrogen and oxygen atoms in total. The van der Waals surface area contributed by atoms with E-state index in [4.69, 9.17) is 22.4 Å². The Labute approximate surface area is 164 Å². The minimum Gasteiger partial charge on any atom is -0.382 e. The predicted octanol–water partition coefficient (Wildman–Crippen LogP) is 3.38. The molecule has 4 aromatic heterocycles. The lowest BCUT2D eigenvalue weighted by atomic mass is 10.0. The predicted molar refractivity (Wildman–Crippen MR) is 107 cm³/mol. The highest BCUT2D eigenvalue weighted by Crippen LogP contribution is 2.32. The number of imidazole rings is 2. The Morgan fingerprint density at radius 3 is 2.71 bits per heavy atom. The maximum atomic E-state index is 6.25. The second kappa shape index (κ2) is 6.28. The molecule has 28 heavy (non-hydrogen) atoms. The van der Waals surface area contributed by atoms with Crippen LogP contribution < -0.4 is 5.73 Å². The summed E-state index contributed by atoms with van der Waals surface area (Å²) in [5.41, 5.74) is 10.6. The Kier molecular flexibility index (Phi) is 3.73. The first-order valence-electron chi connectivity index (χ1n) is 8.66. The Hall–Kier alpha value is -3.52. The molecule has 0 bridgehead atoms. The highest BCUT2D eigenvalue weighted by molar-refractivity contribution is 6.29. The quantitative estimate of drug-likeness (QED) is 0.507. The van der Waals surface area contributed by atoms with E-state index in [0.717, 1.165) is 16.8 Å². The fourth-order valence-corrected chi connectivity index (χ4v) is 3.52. The number of anilines is 1. The Morgan fingerprint density at radius 1 is 1.07 bits per heavy atom. The van der Waals surface area contributed by atoms with Crippen LogP contribution in [0.25, 0.3) is 28.1 Å². The Balaban J connectivity index is 1.76. The van der Waals surface area contributed by atoms with Crippen LogP contribution in [0.4, 0.5) is 5.82 Å². The monoisotopic (exact) mass is 390 g/mol. The summed E-state index contributed by atoms with van der Waals surface area (Å²) < 4.78 is 3.59. The zero-order chi connectivity index (χ0) is 19.3. The Bertz CT molecular complexity index is 1310. The van der Waals surface area contributed by atoms with Gasteiger partial charge in [0.1, 0.15) is 11.8 Å². The molecule has 0 spiro atoms. The van der Waals surface area contributed by atoms with Gasteiger partial charge in [-0.25, -0.2) is 24.5 Å². The van der Waals surface area contributed by atoms with Gasteiger partial charge < -0.3 is 10.3 Å². The zero-order valence-electron chi connectivity index (χ0n) is 14.9. The molecule has 1 atom stereocenters. The average molecular weight is 391 g/mol. The molecule has 1 unspecified atom stereocenters. The van der Waals surface area contributed by atoms with E-state index in [9.17, 15) is 0 Å². The van der Waals surface area contributed by atoms with Crippen LogP contribution in [0.2, 0.25) is 5.15 Å². The summed E-state index contributed by atoms with van der Waals surface area (Å²) in [4.78, 5) is 17.1. The van der Waals surface area contributed by atoms with Gasteiger partial charge in [-0.2, -0.15) is 5.10 Å². The van der Waals surface area contributed by atoms with Crippen molar-refractivity contribution in [3.8, 4) is 11.3 Å². The molecule has 138 valence electrons. The lowest BCUT2D eigenvalue weighted by Crippen LogP contribution is -2.11. The molecule has 4 heterocycles. The van der Waals surface area contributed by atoms with Crippen molar-refractivity contribution in [2.75, 3.05) is 5.73 Å². The summed E-state index contributed by atoms with van der Waals surface area (Å²) in [6.07, 6.45) is 4.75. The van der Waals surface area contributed by atoms with Crippen molar-refractivity contribution in [1.29, 1.82) is 0 Å². The van der Waals surface area contributed by atoms with E-state index in [2.05, 4.69) is 26.9 Å². The molecule has 0 saturated heterocycles. The summed E-state index contributed by atoms with van der Waals surface area (Å²) in [7, 11) is 0. The number of aromatic nitrogens is 7. The zero-order valence-corrected chi connectivity index (χ0v) is 15.6. The average Bonchev–Trinajstić information content (AvgIpc) is 3.32. The number of halogens is 1. The van der Waals surface area contributed by atoms with E-state index in [-0.39, 0.29) is 6.04 Å². The minimum atomic E-state index is -0.123. The normalized spacial score (nSPS) is 12.6. The third-order valence-electron chi connectivity index (χ3n) is 4.78. The van der Waals surface area contributed by atoms with Crippen LogP contribution in [0.15, 0.2) is 55.2 Å². The first kappa shape index (κ1) is 16.6. The van der Waals surface area contributed by atoms with Gasteiger partial charge in [0.25, 0.3) is 0 Å². The second-order valence-corrected chi connectivity index (χ2v) is 6.81. The number of hydrogen-bond acceptors (Lipinski definition) is 6. The van der Waals surface area contributed by atoms with Gasteiger partial charge in [0.2, 0.25) is 0 Å². The van der Waals surface area contributed by atoms with Gasteiger partial charge in [-0.15, -0.1) is 0 Å². The fourth-order valence-electron chi connectivity index (χ4n) is 3.34. The molecule has 0 radical (unpaired) electrons. The van der Waals surface area contributed by atoms with Crippen LogP contribution in [-0.2, 0) is 0 Å². The summed E-state index contributed by atoms with van der Waals surface area (Å²) in [6.45, 7) is 2.06. The summed E-state index contributed by atoms with van der Waals surface area (Å²) in [6, 6.07) is 11.8. The smallest absolute Gasteiger partial charge is 0.165 e. The molecular weight excluding hydrogens is 376 g/mol. The highest BCUT2D eigenvalue weighted by Gasteiger charge is 2.21. The second-order valence-electron chi connectivity index (χ2n) is 6.42. The van der Waals surface area contributed by atoms with Crippen molar-refractivity contribution in [3.63, 3.8) is 0 Å². The summed E-state index contributed by atoms with van der Waals surface area (Å²) in [5.74, 6) is 0.354. The lowest BCUT2D eigenvalue weighted by Gasteiger charge is -2.18. The Morgan fingerprint density at radius 2 is 1.89 bits per heavy atom. The topological polar surface area (TPSA) is 99.8 Å². The molecule has 5 aromatic rings. The molecule has 0 aliphatic rings. The molecule has 0 aliphatic carbocycles. The molecule has 9 heteroatoms. The molecular formula is C19H15ClN8.